The van der Waals surface area contributed by atoms with Gasteiger partial charge in [-0.15, -0.1) is 0 Å². The predicted octanol–water partition coefficient (Wildman–Crippen LogP) is 5.14. The minimum atomic E-state index is 0.452. The van der Waals surface area contributed by atoms with Gasteiger partial charge in [0, 0.05) is 27.1 Å². The van der Waals surface area contributed by atoms with Crippen LogP contribution in [0.2, 0.25) is 0 Å². The Balaban J connectivity index is 1.52. The van der Waals surface area contributed by atoms with Crippen LogP contribution in [0.4, 0.5) is 0 Å². The molecule has 2 aromatic carbocycles. The van der Waals surface area contributed by atoms with Gasteiger partial charge in [-0.25, -0.2) is 0 Å². The van der Waals surface area contributed by atoms with E-state index in [1.807, 2.05) is 0 Å². The van der Waals surface area contributed by atoms with Crippen LogP contribution in [-0.2, 0) is 12.8 Å². The number of halogens is 1. The highest BCUT2D eigenvalue weighted by Crippen LogP contribution is 2.35. The molecule has 1 aliphatic carbocycles. The van der Waals surface area contributed by atoms with E-state index < -0.39 is 0 Å². The first-order valence-electron chi connectivity index (χ1n) is 8.38. The van der Waals surface area contributed by atoms with Crippen LogP contribution in [0, 0.1) is 0 Å². The third-order valence-corrected chi connectivity index (χ3v) is 5.31. The number of aryl methyl sites for hydroxylation is 1. The Morgan fingerprint density at radius 1 is 1.13 bits per heavy atom. The van der Waals surface area contributed by atoms with Gasteiger partial charge in [-0.3, -0.25) is 0 Å². The van der Waals surface area contributed by atoms with E-state index in [0.29, 0.717) is 6.04 Å². The predicted molar refractivity (Wildman–Crippen MR) is 99.8 cm³/mol. The van der Waals surface area contributed by atoms with Gasteiger partial charge in [0.15, 0.2) is 0 Å². The molecule has 0 saturated heterocycles. The molecule has 118 valence electrons. The third kappa shape index (κ3) is 3.08. The Kier molecular flexibility index (Phi) is 4.23. The molecule has 1 atom stereocenters. The quantitative estimate of drug-likeness (QED) is 0.655. The van der Waals surface area contributed by atoms with Gasteiger partial charge >= 0.3 is 0 Å². The van der Waals surface area contributed by atoms with Crippen LogP contribution >= 0.6 is 15.9 Å². The molecule has 4 rings (SSSR count). The van der Waals surface area contributed by atoms with Crippen LogP contribution in [0.1, 0.15) is 35.7 Å². The first-order chi connectivity index (χ1) is 11.3. The van der Waals surface area contributed by atoms with Crippen LogP contribution in [0.5, 0.6) is 0 Å². The number of hydrogen-bond acceptors (Lipinski definition) is 1. The first kappa shape index (κ1) is 15.0. The molecular weight excluding hydrogens is 348 g/mol. The van der Waals surface area contributed by atoms with Crippen LogP contribution in [0.15, 0.2) is 53.0 Å². The fourth-order valence-corrected chi connectivity index (χ4v) is 4.04. The monoisotopic (exact) mass is 368 g/mol. The van der Waals surface area contributed by atoms with E-state index in [0.717, 1.165) is 17.4 Å². The van der Waals surface area contributed by atoms with Gasteiger partial charge in [-0.05, 0) is 55.5 Å². The molecule has 0 amide bonds. The average molecular weight is 369 g/mol. The zero-order valence-electron chi connectivity index (χ0n) is 13.1. The highest BCUT2D eigenvalue weighted by Gasteiger charge is 2.23. The Bertz CT molecular complexity index is 807. The van der Waals surface area contributed by atoms with E-state index >= 15 is 0 Å². The summed E-state index contributed by atoms with van der Waals surface area (Å²) >= 11 is 3.57. The number of aromatic amines is 1. The Morgan fingerprint density at radius 2 is 2.00 bits per heavy atom. The second kappa shape index (κ2) is 6.50. The minimum Gasteiger partial charge on any atom is -0.357 e. The van der Waals surface area contributed by atoms with Crippen LogP contribution < -0.4 is 5.32 Å². The lowest BCUT2D eigenvalue weighted by atomic mass is 9.91. The molecule has 1 heterocycles. The maximum atomic E-state index is 3.76. The lowest BCUT2D eigenvalue weighted by molar-refractivity contribution is 0.456. The summed E-state index contributed by atoms with van der Waals surface area (Å²) in [6.07, 6.45) is 4.75. The van der Waals surface area contributed by atoms with Crippen molar-refractivity contribution >= 4 is 26.8 Å². The maximum Gasteiger partial charge on any atom is 0.0476 e. The molecule has 0 spiro atoms. The van der Waals surface area contributed by atoms with Crippen molar-refractivity contribution < 1.29 is 0 Å². The highest BCUT2D eigenvalue weighted by molar-refractivity contribution is 9.10. The number of H-pyrrole nitrogens is 1. The molecule has 23 heavy (non-hydrogen) atoms. The molecule has 3 heteroatoms. The number of fused-ring (bicyclic) bond motifs is 3. The van der Waals surface area contributed by atoms with Crippen molar-refractivity contribution in [1.29, 1.82) is 0 Å². The highest BCUT2D eigenvalue weighted by atomic mass is 79.9. The second-order valence-electron chi connectivity index (χ2n) is 6.34. The molecule has 2 nitrogen and oxygen atoms in total. The van der Waals surface area contributed by atoms with E-state index in [1.54, 1.807) is 0 Å². The number of hydrogen-bond donors (Lipinski definition) is 2. The number of aromatic nitrogens is 1. The van der Waals surface area contributed by atoms with Crippen molar-refractivity contribution in [2.45, 2.75) is 31.7 Å². The first-order valence-corrected chi connectivity index (χ1v) is 9.18. The van der Waals surface area contributed by atoms with Crippen molar-refractivity contribution in [2.75, 3.05) is 6.54 Å². The molecule has 0 saturated carbocycles. The number of rotatable bonds is 4. The third-order valence-electron chi connectivity index (χ3n) is 4.82. The van der Waals surface area contributed by atoms with Gasteiger partial charge in [0.1, 0.15) is 0 Å². The molecule has 0 fully saturated rings. The molecule has 2 N–H and O–H groups in total. The van der Waals surface area contributed by atoms with Crippen molar-refractivity contribution in [3.63, 3.8) is 0 Å². The molecular formula is C20H21BrN2. The topological polar surface area (TPSA) is 27.8 Å². The zero-order valence-corrected chi connectivity index (χ0v) is 14.7. The molecule has 1 unspecified atom stereocenters. The second-order valence-corrected chi connectivity index (χ2v) is 7.26. The molecule has 0 radical (unpaired) electrons. The van der Waals surface area contributed by atoms with E-state index in [1.165, 1.54) is 47.0 Å². The van der Waals surface area contributed by atoms with Gasteiger partial charge in [0.25, 0.3) is 0 Å². The molecule has 0 aliphatic heterocycles. The van der Waals surface area contributed by atoms with Crippen LogP contribution in [0.25, 0.3) is 10.9 Å². The summed E-state index contributed by atoms with van der Waals surface area (Å²) in [5.41, 5.74) is 5.56. The van der Waals surface area contributed by atoms with E-state index in [4.69, 9.17) is 0 Å². The normalized spacial score (nSPS) is 17.3. The Morgan fingerprint density at radius 3 is 2.87 bits per heavy atom. The summed E-state index contributed by atoms with van der Waals surface area (Å²) in [6.45, 7) is 1.02. The van der Waals surface area contributed by atoms with Gasteiger partial charge in [0.2, 0.25) is 0 Å². The molecule has 0 bridgehead atoms. The van der Waals surface area contributed by atoms with Gasteiger partial charge in [-0.2, -0.15) is 0 Å². The van der Waals surface area contributed by atoms with E-state index in [9.17, 15) is 0 Å². The fourth-order valence-electron chi connectivity index (χ4n) is 3.68. The smallest absolute Gasteiger partial charge is 0.0476 e. The Hall–Kier alpha value is -1.58. The van der Waals surface area contributed by atoms with Crippen molar-refractivity contribution in [3.8, 4) is 0 Å². The van der Waals surface area contributed by atoms with E-state index in [2.05, 4.69) is 74.8 Å². The van der Waals surface area contributed by atoms with Crippen molar-refractivity contribution in [2.24, 2.45) is 0 Å². The maximum absolute atomic E-state index is 3.76. The average Bonchev–Trinajstić information content (AvgIpc) is 2.94. The standard InChI is InChI=1S/C20H21BrN2/c21-15-9-10-16-17-7-4-8-18(20(17)23-19(16)13-15)22-12-11-14-5-2-1-3-6-14/h1-3,5-6,9-10,13,18,22-23H,4,7-8,11-12H2. The van der Waals surface area contributed by atoms with Gasteiger partial charge in [0.05, 0.1) is 0 Å². The summed E-state index contributed by atoms with van der Waals surface area (Å²) in [5.74, 6) is 0. The van der Waals surface area contributed by atoms with Gasteiger partial charge < -0.3 is 10.3 Å². The van der Waals surface area contributed by atoms with Crippen molar-refractivity contribution in [3.05, 3.63) is 69.8 Å². The summed E-state index contributed by atoms with van der Waals surface area (Å²) in [4.78, 5) is 3.66. The summed E-state index contributed by atoms with van der Waals surface area (Å²) in [7, 11) is 0. The zero-order chi connectivity index (χ0) is 15.6. The van der Waals surface area contributed by atoms with Crippen LogP contribution in [-0.4, -0.2) is 11.5 Å². The largest absolute Gasteiger partial charge is 0.357 e. The number of benzene rings is 2. The minimum absolute atomic E-state index is 0.452. The molecule has 1 aliphatic rings. The molecule has 1 aromatic heterocycles. The van der Waals surface area contributed by atoms with Crippen molar-refractivity contribution in [1.82, 2.24) is 10.3 Å². The van der Waals surface area contributed by atoms with E-state index in [-0.39, 0.29) is 0 Å². The summed E-state index contributed by atoms with van der Waals surface area (Å²) in [6, 6.07) is 17.7. The summed E-state index contributed by atoms with van der Waals surface area (Å²) < 4.78 is 1.14. The fraction of sp³-hybridized carbons (Fsp3) is 0.300. The lowest BCUT2D eigenvalue weighted by Gasteiger charge is -2.24. The Labute approximate surface area is 145 Å². The number of nitrogens with one attached hydrogen (secondary N) is 2. The summed E-state index contributed by atoms with van der Waals surface area (Å²) in [5, 5.41) is 5.15. The molecule has 3 aromatic rings. The van der Waals surface area contributed by atoms with Gasteiger partial charge in [-0.1, -0.05) is 52.3 Å². The van der Waals surface area contributed by atoms with Crippen LogP contribution in [0.3, 0.4) is 0 Å². The lowest BCUT2D eigenvalue weighted by Crippen LogP contribution is -2.27. The SMILES string of the molecule is Brc1ccc2c3c([nH]c2c1)C(NCCc1ccccc1)CCC3.